The molecule has 0 bridgehead atoms. The van der Waals surface area contributed by atoms with Gasteiger partial charge in [0.15, 0.2) is 12.1 Å². The van der Waals surface area contributed by atoms with Crippen LogP contribution in [0.4, 0.5) is 11.4 Å². The first-order valence-corrected chi connectivity index (χ1v) is 8.14. The second kappa shape index (κ2) is 5.41. The van der Waals surface area contributed by atoms with Crippen molar-refractivity contribution in [3.05, 3.63) is 58.2 Å². The molecule has 0 aromatic heterocycles. The Bertz CT molecular complexity index is 824. The number of hydrogen-bond donors (Lipinski definition) is 0. The van der Waals surface area contributed by atoms with Gasteiger partial charge in [-0.05, 0) is 46.9 Å². The molecule has 7 heteroatoms. The molecule has 23 heavy (non-hydrogen) atoms. The van der Waals surface area contributed by atoms with Crippen molar-refractivity contribution in [2.24, 2.45) is 10.3 Å². The fraction of sp³-hybridized carbons (Fsp3) is 0.125. The summed E-state index contributed by atoms with van der Waals surface area (Å²) in [6.45, 7) is 0. The van der Waals surface area contributed by atoms with Crippen LogP contribution >= 0.6 is 22.6 Å². The molecule has 2 aromatic rings. The second-order valence-corrected chi connectivity index (χ2v) is 6.40. The van der Waals surface area contributed by atoms with Crippen molar-refractivity contribution < 1.29 is 9.59 Å². The van der Waals surface area contributed by atoms with Gasteiger partial charge in [-0.1, -0.05) is 35.6 Å². The average Bonchev–Trinajstić information content (AvgIpc) is 3.11. The molecule has 0 saturated carbocycles. The van der Waals surface area contributed by atoms with E-state index in [4.69, 9.17) is 0 Å². The third-order valence-electron chi connectivity index (χ3n) is 3.90. The number of rotatable bonds is 2. The van der Waals surface area contributed by atoms with Crippen LogP contribution in [0.3, 0.4) is 0 Å². The summed E-state index contributed by atoms with van der Waals surface area (Å²) in [4.78, 5) is 26.7. The maximum absolute atomic E-state index is 12.9. The van der Waals surface area contributed by atoms with Gasteiger partial charge in [0.25, 0.3) is 11.8 Å². The van der Waals surface area contributed by atoms with E-state index in [1.54, 1.807) is 6.07 Å². The number of nitrogens with zero attached hydrogens (tertiary/aromatic N) is 4. The molecule has 4 rings (SSSR count). The number of halogens is 1. The molecule has 2 aliphatic heterocycles. The maximum atomic E-state index is 12.9. The molecule has 2 aromatic carbocycles. The summed E-state index contributed by atoms with van der Waals surface area (Å²) in [7, 11) is 0. The Morgan fingerprint density at radius 2 is 1.61 bits per heavy atom. The molecule has 0 aliphatic carbocycles. The van der Waals surface area contributed by atoms with Crippen LogP contribution in [0, 0.1) is 3.57 Å². The largest absolute Gasteiger partial charge is 0.271 e. The zero-order valence-corrected chi connectivity index (χ0v) is 14.0. The van der Waals surface area contributed by atoms with Gasteiger partial charge < -0.3 is 0 Å². The molecular weight excluding hydrogens is 407 g/mol. The van der Waals surface area contributed by atoms with Crippen LogP contribution in [-0.2, 0) is 9.59 Å². The molecule has 2 atom stereocenters. The van der Waals surface area contributed by atoms with Gasteiger partial charge in [-0.25, -0.2) is 9.91 Å². The van der Waals surface area contributed by atoms with Gasteiger partial charge >= 0.3 is 0 Å². The van der Waals surface area contributed by atoms with Crippen LogP contribution in [-0.4, -0.2) is 23.9 Å². The normalized spacial score (nSPS) is 22.8. The molecule has 6 nitrogen and oxygen atoms in total. The zero-order valence-electron chi connectivity index (χ0n) is 11.8. The number of fused-ring (bicyclic) bond motifs is 1. The maximum Gasteiger partial charge on any atom is 0.263 e. The van der Waals surface area contributed by atoms with E-state index in [2.05, 4.69) is 32.9 Å². The van der Waals surface area contributed by atoms with Crippen LogP contribution in [0.15, 0.2) is 64.9 Å². The lowest BCUT2D eigenvalue weighted by atomic mass is 10.1. The van der Waals surface area contributed by atoms with Gasteiger partial charge in [0.05, 0.1) is 11.4 Å². The topological polar surface area (TPSA) is 65.3 Å². The van der Waals surface area contributed by atoms with Gasteiger partial charge in [-0.3, -0.25) is 9.59 Å². The smallest absolute Gasteiger partial charge is 0.263 e. The predicted molar refractivity (Wildman–Crippen MR) is 93.0 cm³/mol. The number of anilines is 2. The Morgan fingerprint density at radius 3 is 2.35 bits per heavy atom. The lowest BCUT2D eigenvalue weighted by Crippen LogP contribution is -2.40. The first kappa shape index (κ1) is 14.3. The van der Waals surface area contributed by atoms with E-state index in [9.17, 15) is 9.59 Å². The van der Waals surface area contributed by atoms with E-state index in [0.29, 0.717) is 5.69 Å². The van der Waals surface area contributed by atoms with Crippen molar-refractivity contribution in [1.29, 1.82) is 0 Å². The number of carbonyl (C=O) groups is 2. The van der Waals surface area contributed by atoms with E-state index in [0.717, 1.165) is 9.26 Å². The monoisotopic (exact) mass is 418 g/mol. The van der Waals surface area contributed by atoms with Gasteiger partial charge in [0, 0.05) is 3.57 Å². The molecule has 1 saturated heterocycles. The van der Waals surface area contributed by atoms with Crippen molar-refractivity contribution in [3.63, 3.8) is 0 Å². The summed E-state index contributed by atoms with van der Waals surface area (Å²) in [6.07, 6.45) is 0. The Kier molecular flexibility index (Phi) is 3.37. The minimum absolute atomic E-state index is 0.294. The van der Waals surface area contributed by atoms with Crippen molar-refractivity contribution in [2.45, 2.75) is 12.1 Å². The molecule has 2 heterocycles. The highest BCUT2D eigenvalue weighted by Crippen LogP contribution is 2.36. The van der Waals surface area contributed by atoms with Crippen molar-refractivity contribution in [1.82, 2.24) is 0 Å². The Labute approximate surface area is 145 Å². The molecule has 0 radical (unpaired) electrons. The van der Waals surface area contributed by atoms with E-state index >= 15 is 0 Å². The highest BCUT2D eigenvalue weighted by Gasteiger charge is 2.55. The first-order valence-electron chi connectivity index (χ1n) is 7.06. The Hall–Kier alpha value is -2.29. The third-order valence-corrected chi connectivity index (χ3v) is 4.81. The van der Waals surface area contributed by atoms with Gasteiger partial charge in [-0.15, -0.1) is 0 Å². The summed E-state index contributed by atoms with van der Waals surface area (Å²) in [5, 5.41) is 9.59. The molecule has 0 spiro atoms. The number of carbonyl (C=O) groups excluding carboxylic acids is 2. The van der Waals surface area contributed by atoms with E-state index in [-0.39, 0.29) is 11.8 Å². The summed E-state index contributed by atoms with van der Waals surface area (Å²) in [5.74, 6) is -0.621. The molecule has 1 fully saturated rings. The fourth-order valence-corrected chi connectivity index (χ4v) is 3.45. The summed E-state index contributed by atoms with van der Waals surface area (Å²) >= 11 is 2.12. The molecule has 2 amide bonds. The highest BCUT2D eigenvalue weighted by atomic mass is 127. The zero-order chi connectivity index (χ0) is 16.0. The fourth-order valence-electron chi connectivity index (χ4n) is 2.82. The molecule has 0 unspecified atom stereocenters. The van der Waals surface area contributed by atoms with Crippen LogP contribution in [0.1, 0.15) is 0 Å². The molecular formula is C16H11IN4O2. The highest BCUT2D eigenvalue weighted by molar-refractivity contribution is 14.1. The predicted octanol–water partition coefficient (Wildman–Crippen LogP) is 2.79. The first-order chi connectivity index (χ1) is 11.2. The van der Waals surface area contributed by atoms with Gasteiger partial charge in [-0.2, -0.15) is 5.11 Å². The number of hydrogen-bond acceptors (Lipinski definition) is 5. The van der Waals surface area contributed by atoms with Crippen molar-refractivity contribution in [2.75, 3.05) is 9.91 Å². The number of para-hydroxylation sites is 2. The van der Waals surface area contributed by atoms with Crippen molar-refractivity contribution in [3.8, 4) is 0 Å². The second-order valence-electron chi connectivity index (χ2n) is 5.24. The van der Waals surface area contributed by atoms with Crippen molar-refractivity contribution >= 4 is 45.8 Å². The quantitative estimate of drug-likeness (QED) is 0.557. The average molecular weight is 418 g/mol. The van der Waals surface area contributed by atoms with Crippen LogP contribution in [0.5, 0.6) is 0 Å². The lowest BCUT2D eigenvalue weighted by Gasteiger charge is -2.21. The number of benzene rings is 2. The molecule has 114 valence electrons. The standard InChI is InChI=1S/C16H11IN4O2/c17-11-8-4-5-9-12(11)20-15(22)13-14(16(20)23)21(19-18-13)10-6-2-1-3-7-10/h1-9,13-14H/t13-,14-/m0/s1. The SMILES string of the molecule is O=C1[C@H]2N=NN(c3ccccc3)[C@@H]2C(=O)N1c1ccccc1I. The Balaban J connectivity index is 1.74. The Morgan fingerprint density at radius 1 is 0.913 bits per heavy atom. The molecule has 2 aliphatic rings. The van der Waals surface area contributed by atoms with Gasteiger partial charge in [0.2, 0.25) is 0 Å². The molecule has 0 N–H and O–H groups in total. The third kappa shape index (κ3) is 2.14. The number of amides is 2. The minimum atomic E-state index is -0.779. The summed E-state index contributed by atoms with van der Waals surface area (Å²) in [5.41, 5.74) is 1.34. The van der Waals surface area contributed by atoms with Gasteiger partial charge in [0.1, 0.15) is 0 Å². The minimum Gasteiger partial charge on any atom is -0.271 e. The van der Waals surface area contributed by atoms with Crippen LogP contribution in [0.2, 0.25) is 0 Å². The van der Waals surface area contributed by atoms with Crippen LogP contribution < -0.4 is 9.91 Å². The summed E-state index contributed by atoms with van der Waals surface area (Å²) < 4.78 is 0.843. The number of imide groups is 1. The van der Waals surface area contributed by atoms with E-state index in [1.165, 1.54) is 9.91 Å². The van der Waals surface area contributed by atoms with E-state index in [1.807, 2.05) is 48.5 Å². The van der Waals surface area contributed by atoms with E-state index < -0.39 is 12.1 Å². The lowest BCUT2D eigenvalue weighted by molar-refractivity contribution is -0.121. The van der Waals surface area contributed by atoms with Crippen LogP contribution in [0.25, 0.3) is 0 Å². The summed E-state index contributed by atoms with van der Waals surface area (Å²) in [6, 6.07) is 15.1.